The molecule has 0 fully saturated rings. The molecule has 19 heavy (non-hydrogen) atoms. The van der Waals surface area contributed by atoms with Crippen LogP contribution in [0.3, 0.4) is 0 Å². The molecule has 0 unspecified atom stereocenters. The summed E-state index contributed by atoms with van der Waals surface area (Å²) in [5, 5.41) is 6.46. The van der Waals surface area contributed by atoms with Crippen molar-refractivity contribution < 1.29 is 0 Å². The molecule has 10 heteroatoms. The first-order chi connectivity index (χ1) is 7.33. The fourth-order valence-corrected chi connectivity index (χ4v) is 0.756. The van der Waals surface area contributed by atoms with E-state index in [1.54, 1.807) is 0 Å². The van der Waals surface area contributed by atoms with Crippen molar-refractivity contribution in [3.8, 4) is 0 Å². The first-order valence-electron chi connectivity index (χ1n) is 5.55. The van der Waals surface area contributed by atoms with Gasteiger partial charge >= 0.3 is 0 Å². The Morgan fingerprint density at radius 3 is 1.21 bits per heavy atom. The lowest BCUT2D eigenvalue weighted by Crippen LogP contribution is -2.31. The van der Waals surface area contributed by atoms with Gasteiger partial charge in [-0.25, -0.2) is 0 Å². The molecule has 0 radical (unpaired) electrons. The van der Waals surface area contributed by atoms with Crippen LogP contribution in [0.1, 0.15) is 6.42 Å². The molecular formula is C9H32Cl4N6. The zero-order valence-electron chi connectivity index (χ0n) is 11.3. The Balaban J connectivity index is -0.0000000471. The third-order valence-electron chi connectivity index (χ3n) is 1.52. The number of hydrogen-bond acceptors (Lipinski definition) is 6. The Labute approximate surface area is 142 Å². The van der Waals surface area contributed by atoms with E-state index < -0.39 is 0 Å². The van der Waals surface area contributed by atoms with Gasteiger partial charge in [0.05, 0.1) is 0 Å². The monoisotopic (exact) mass is 364 g/mol. The summed E-state index contributed by atoms with van der Waals surface area (Å²) in [7, 11) is 0. The van der Waals surface area contributed by atoms with Gasteiger partial charge in [-0.05, 0) is 19.5 Å². The lowest BCUT2D eigenvalue weighted by atomic mass is 10.4. The first-order valence-corrected chi connectivity index (χ1v) is 5.55. The van der Waals surface area contributed by atoms with Crippen LogP contribution >= 0.6 is 49.6 Å². The molecule has 0 aliphatic heterocycles. The van der Waals surface area contributed by atoms with Gasteiger partial charge in [-0.1, -0.05) is 0 Å². The van der Waals surface area contributed by atoms with Crippen LogP contribution in [0.5, 0.6) is 0 Å². The van der Waals surface area contributed by atoms with Gasteiger partial charge in [0.1, 0.15) is 0 Å². The maximum Gasteiger partial charge on any atom is 0.00772 e. The Morgan fingerprint density at radius 1 is 0.474 bits per heavy atom. The smallest absolute Gasteiger partial charge is 0.00772 e. The van der Waals surface area contributed by atoms with Crippen LogP contribution in [0.2, 0.25) is 0 Å². The predicted octanol–water partition coefficient (Wildman–Crippen LogP) is -0.936. The van der Waals surface area contributed by atoms with Crippen molar-refractivity contribution in [3.05, 3.63) is 0 Å². The fraction of sp³-hybridized carbons (Fsp3) is 1.00. The zero-order valence-corrected chi connectivity index (χ0v) is 14.6. The van der Waals surface area contributed by atoms with Crippen LogP contribution < -0.4 is 33.6 Å². The fourth-order valence-electron chi connectivity index (χ4n) is 0.756. The third kappa shape index (κ3) is 55.0. The molecule has 126 valence electrons. The topological polar surface area (TPSA) is 128 Å². The van der Waals surface area contributed by atoms with Crippen molar-refractivity contribution >= 4 is 49.6 Å². The largest absolute Gasteiger partial charge is 0.330 e. The third-order valence-corrected chi connectivity index (χ3v) is 1.52. The van der Waals surface area contributed by atoms with E-state index in [9.17, 15) is 0 Å². The van der Waals surface area contributed by atoms with E-state index in [2.05, 4.69) is 10.6 Å². The molecule has 0 aliphatic carbocycles. The van der Waals surface area contributed by atoms with Gasteiger partial charge in [-0.2, -0.15) is 0 Å². The van der Waals surface area contributed by atoms with Gasteiger partial charge < -0.3 is 33.6 Å². The van der Waals surface area contributed by atoms with Crippen LogP contribution in [0.15, 0.2) is 0 Å². The van der Waals surface area contributed by atoms with Crippen molar-refractivity contribution in [1.29, 1.82) is 0 Å². The second-order valence-corrected chi connectivity index (χ2v) is 3.01. The van der Waals surface area contributed by atoms with Gasteiger partial charge in [0.25, 0.3) is 0 Å². The highest BCUT2D eigenvalue weighted by Crippen LogP contribution is 1.67. The summed E-state index contributed by atoms with van der Waals surface area (Å²) in [6.07, 6.45) is 1.05. The van der Waals surface area contributed by atoms with Gasteiger partial charge in [-0.15, -0.1) is 49.6 Å². The molecule has 0 heterocycles. The van der Waals surface area contributed by atoms with Crippen LogP contribution in [0.25, 0.3) is 0 Å². The number of hydrogen-bond donors (Lipinski definition) is 6. The minimum Gasteiger partial charge on any atom is -0.330 e. The van der Waals surface area contributed by atoms with E-state index in [0.717, 1.165) is 39.1 Å². The van der Waals surface area contributed by atoms with Crippen LogP contribution in [-0.4, -0.2) is 52.4 Å². The summed E-state index contributed by atoms with van der Waals surface area (Å²) in [5.41, 5.74) is 20.4. The van der Waals surface area contributed by atoms with Crippen molar-refractivity contribution in [2.45, 2.75) is 6.42 Å². The average molecular weight is 366 g/mol. The number of rotatable bonds is 9. The Bertz CT molecular complexity index is 94.8. The maximum absolute atomic E-state index is 5.32. The van der Waals surface area contributed by atoms with E-state index in [1.165, 1.54) is 0 Å². The average Bonchev–Trinajstić information content (AvgIpc) is 2.28. The van der Waals surface area contributed by atoms with Gasteiger partial charge in [-0.3, -0.25) is 0 Å². The summed E-state index contributed by atoms with van der Waals surface area (Å²) in [6, 6.07) is 0. The Kier molecular flexibility index (Phi) is 82.8. The molecular weight excluding hydrogens is 334 g/mol. The molecule has 0 saturated carbocycles. The summed E-state index contributed by atoms with van der Waals surface area (Å²) in [6.45, 7) is 6.58. The molecule has 0 aromatic heterocycles. The van der Waals surface area contributed by atoms with Crippen LogP contribution in [-0.2, 0) is 0 Å². The Morgan fingerprint density at radius 2 is 0.895 bits per heavy atom. The lowest BCUT2D eigenvalue weighted by Gasteiger charge is -2.03. The van der Waals surface area contributed by atoms with E-state index in [4.69, 9.17) is 22.9 Å². The van der Waals surface area contributed by atoms with Crippen LogP contribution in [0, 0.1) is 0 Å². The normalized spacial score (nSPS) is 7.58. The number of nitrogens with two attached hydrogens (primary N) is 4. The molecule has 0 bridgehead atoms. The molecule has 0 aromatic carbocycles. The summed E-state index contributed by atoms with van der Waals surface area (Å²) in [4.78, 5) is 0. The molecule has 0 amide bonds. The highest BCUT2D eigenvalue weighted by molar-refractivity contribution is 5.86. The molecule has 6 nitrogen and oxygen atoms in total. The lowest BCUT2D eigenvalue weighted by molar-refractivity contribution is 0.602. The molecule has 0 spiro atoms. The molecule has 0 atom stereocenters. The van der Waals surface area contributed by atoms with E-state index >= 15 is 0 Å². The molecule has 0 aliphatic rings. The standard InChI is InChI=1S/C7H20N4.C2H8N2.4ClH/c8-2-1-4-10-6-7-11-5-3-9;3-1-2-4;;;;/h10-11H,1-9H2;1-4H2;4*1H. The van der Waals surface area contributed by atoms with Gasteiger partial charge in [0.2, 0.25) is 0 Å². The minimum absolute atomic E-state index is 0. The second kappa shape index (κ2) is 42.8. The predicted molar refractivity (Wildman–Crippen MR) is 95.6 cm³/mol. The maximum atomic E-state index is 5.32. The first kappa shape index (κ1) is 36.8. The molecule has 0 rings (SSSR count). The van der Waals surface area contributed by atoms with Crippen molar-refractivity contribution in [3.63, 3.8) is 0 Å². The minimum atomic E-state index is 0. The van der Waals surface area contributed by atoms with E-state index in [1.807, 2.05) is 0 Å². The van der Waals surface area contributed by atoms with E-state index in [-0.39, 0.29) is 49.6 Å². The quantitative estimate of drug-likeness (QED) is 0.293. The van der Waals surface area contributed by atoms with Gasteiger partial charge in [0.15, 0.2) is 0 Å². The number of halogens is 4. The van der Waals surface area contributed by atoms with E-state index in [0.29, 0.717) is 19.6 Å². The molecule has 10 N–H and O–H groups in total. The SMILES string of the molecule is Cl.Cl.Cl.Cl.NCCCNCCNCCN.NCCN. The summed E-state index contributed by atoms with van der Waals surface area (Å²) in [5.74, 6) is 0. The van der Waals surface area contributed by atoms with Crippen molar-refractivity contribution in [2.24, 2.45) is 22.9 Å². The van der Waals surface area contributed by atoms with Gasteiger partial charge in [0, 0.05) is 39.3 Å². The number of nitrogens with one attached hydrogen (secondary N) is 2. The summed E-state index contributed by atoms with van der Waals surface area (Å²) < 4.78 is 0. The Hall–Kier alpha value is 0.920. The highest BCUT2D eigenvalue weighted by Gasteiger charge is 1.85. The highest BCUT2D eigenvalue weighted by atomic mass is 35.5. The molecule has 0 aromatic rings. The van der Waals surface area contributed by atoms with Crippen molar-refractivity contribution in [1.82, 2.24) is 10.6 Å². The zero-order chi connectivity index (χ0) is 11.8. The van der Waals surface area contributed by atoms with Crippen LogP contribution in [0.4, 0.5) is 0 Å². The van der Waals surface area contributed by atoms with Crippen molar-refractivity contribution in [2.75, 3.05) is 52.4 Å². The summed E-state index contributed by atoms with van der Waals surface area (Å²) >= 11 is 0. The second-order valence-electron chi connectivity index (χ2n) is 3.01. The molecule has 0 saturated heterocycles.